The molecule has 2 aromatic rings. The average Bonchev–Trinajstić information content (AvgIpc) is 3.02. The van der Waals surface area contributed by atoms with E-state index in [4.69, 9.17) is 4.74 Å². The van der Waals surface area contributed by atoms with E-state index in [0.29, 0.717) is 0 Å². The molecule has 0 saturated carbocycles. The van der Waals surface area contributed by atoms with Crippen molar-refractivity contribution in [1.29, 1.82) is 0 Å². The van der Waals surface area contributed by atoms with Crippen LogP contribution in [0.1, 0.15) is 24.5 Å². The first-order valence-corrected chi connectivity index (χ1v) is 7.07. The lowest BCUT2D eigenvalue weighted by Crippen LogP contribution is -2.28. The standard InChI is InChI=1S/C17H19NO2/c19-17(16-10-5-11-18-16)13-6-4-9-15(12-13)20-14-7-2-1-3-8-14/h1-4,6-9,12,16-19H,5,10-11H2. The van der Waals surface area contributed by atoms with Gasteiger partial charge in [0.25, 0.3) is 0 Å². The summed E-state index contributed by atoms with van der Waals surface area (Å²) < 4.78 is 5.80. The van der Waals surface area contributed by atoms with Crippen molar-refractivity contribution in [3.8, 4) is 11.5 Å². The second-order valence-electron chi connectivity index (χ2n) is 5.14. The summed E-state index contributed by atoms with van der Waals surface area (Å²) in [5, 5.41) is 13.7. The Morgan fingerprint density at radius 1 is 1.05 bits per heavy atom. The number of benzene rings is 2. The predicted molar refractivity (Wildman–Crippen MR) is 78.9 cm³/mol. The molecule has 3 rings (SSSR count). The molecule has 0 bridgehead atoms. The van der Waals surface area contributed by atoms with Gasteiger partial charge in [-0.1, -0.05) is 30.3 Å². The molecule has 1 aliphatic heterocycles. The van der Waals surface area contributed by atoms with Crippen molar-refractivity contribution >= 4 is 0 Å². The first kappa shape index (κ1) is 13.2. The topological polar surface area (TPSA) is 41.5 Å². The summed E-state index contributed by atoms with van der Waals surface area (Å²) in [6.45, 7) is 0.988. The third-order valence-electron chi connectivity index (χ3n) is 3.66. The van der Waals surface area contributed by atoms with Gasteiger partial charge in [0.1, 0.15) is 11.5 Å². The fraction of sp³-hybridized carbons (Fsp3) is 0.294. The van der Waals surface area contributed by atoms with Gasteiger partial charge >= 0.3 is 0 Å². The lowest BCUT2D eigenvalue weighted by atomic mass is 10.0. The fourth-order valence-corrected chi connectivity index (χ4v) is 2.60. The van der Waals surface area contributed by atoms with Crippen LogP contribution in [0.5, 0.6) is 11.5 Å². The summed E-state index contributed by atoms with van der Waals surface area (Å²) in [4.78, 5) is 0. The SMILES string of the molecule is OC(c1cccc(Oc2ccccc2)c1)C1CCCN1. The smallest absolute Gasteiger partial charge is 0.127 e. The molecule has 20 heavy (non-hydrogen) atoms. The summed E-state index contributed by atoms with van der Waals surface area (Å²) in [6.07, 6.45) is 1.67. The van der Waals surface area contributed by atoms with Gasteiger partial charge in [-0.15, -0.1) is 0 Å². The van der Waals surface area contributed by atoms with E-state index >= 15 is 0 Å². The Morgan fingerprint density at radius 2 is 1.85 bits per heavy atom. The minimum Gasteiger partial charge on any atom is -0.457 e. The minimum atomic E-state index is -0.475. The highest BCUT2D eigenvalue weighted by Gasteiger charge is 2.24. The van der Waals surface area contributed by atoms with E-state index in [1.54, 1.807) is 0 Å². The maximum absolute atomic E-state index is 10.4. The van der Waals surface area contributed by atoms with Gasteiger partial charge in [-0.05, 0) is 49.2 Å². The fourth-order valence-electron chi connectivity index (χ4n) is 2.60. The van der Waals surface area contributed by atoms with Crippen LogP contribution < -0.4 is 10.1 Å². The Bertz CT molecular complexity index is 550. The molecule has 2 aromatic carbocycles. The van der Waals surface area contributed by atoms with Gasteiger partial charge in [0.2, 0.25) is 0 Å². The van der Waals surface area contributed by atoms with Crippen LogP contribution in [-0.4, -0.2) is 17.7 Å². The molecule has 2 atom stereocenters. The molecule has 0 spiro atoms. The number of hydrogen-bond acceptors (Lipinski definition) is 3. The van der Waals surface area contributed by atoms with E-state index in [2.05, 4.69) is 5.32 Å². The molecule has 1 saturated heterocycles. The second-order valence-corrected chi connectivity index (χ2v) is 5.14. The van der Waals surface area contributed by atoms with Gasteiger partial charge in [-0.3, -0.25) is 0 Å². The third kappa shape index (κ3) is 3.00. The molecule has 1 aliphatic rings. The lowest BCUT2D eigenvalue weighted by molar-refractivity contribution is 0.137. The number of aliphatic hydroxyl groups is 1. The van der Waals surface area contributed by atoms with Gasteiger partial charge in [-0.2, -0.15) is 0 Å². The van der Waals surface area contributed by atoms with Crippen LogP contribution in [0.25, 0.3) is 0 Å². The molecule has 0 radical (unpaired) electrons. The predicted octanol–water partition coefficient (Wildman–Crippen LogP) is 3.26. The number of aliphatic hydroxyl groups excluding tert-OH is 1. The van der Waals surface area contributed by atoms with Crippen molar-refractivity contribution in [3.63, 3.8) is 0 Å². The van der Waals surface area contributed by atoms with Crippen molar-refractivity contribution in [2.75, 3.05) is 6.54 Å². The zero-order chi connectivity index (χ0) is 13.8. The number of ether oxygens (including phenoxy) is 1. The van der Waals surface area contributed by atoms with Gasteiger partial charge in [0.15, 0.2) is 0 Å². The van der Waals surface area contributed by atoms with E-state index in [0.717, 1.165) is 36.4 Å². The van der Waals surface area contributed by atoms with Crippen LogP contribution in [0, 0.1) is 0 Å². The van der Waals surface area contributed by atoms with Crippen LogP contribution in [0.4, 0.5) is 0 Å². The molecule has 0 amide bonds. The van der Waals surface area contributed by atoms with Crippen LogP contribution in [0.3, 0.4) is 0 Å². The molecule has 3 heteroatoms. The first-order valence-electron chi connectivity index (χ1n) is 7.07. The summed E-state index contributed by atoms with van der Waals surface area (Å²) in [7, 11) is 0. The Balaban J connectivity index is 1.75. The molecule has 1 heterocycles. The zero-order valence-corrected chi connectivity index (χ0v) is 11.3. The molecule has 1 fully saturated rings. The van der Waals surface area contributed by atoms with Crippen molar-refractivity contribution in [1.82, 2.24) is 5.32 Å². The quantitative estimate of drug-likeness (QED) is 0.895. The van der Waals surface area contributed by atoms with Gasteiger partial charge in [-0.25, -0.2) is 0 Å². The Morgan fingerprint density at radius 3 is 2.60 bits per heavy atom. The molecule has 3 nitrogen and oxygen atoms in total. The van der Waals surface area contributed by atoms with Crippen LogP contribution in [0.2, 0.25) is 0 Å². The van der Waals surface area contributed by atoms with E-state index in [1.807, 2.05) is 54.6 Å². The van der Waals surface area contributed by atoms with Gasteiger partial charge < -0.3 is 15.2 Å². The largest absolute Gasteiger partial charge is 0.457 e. The van der Waals surface area contributed by atoms with Crippen molar-refractivity contribution in [2.45, 2.75) is 25.0 Å². The van der Waals surface area contributed by atoms with Crippen molar-refractivity contribution in [2.24, 2.45) is 0 Å². The molecule has 104 valence electrons. The summed E-state index contributed by atoms with van der Waals surface area (Å²) >= 11 is 0. The Kier molecular flexibility index (Phi) is 4.00. The van der Waals surface area contributed by atoms with E-state index in [9.17, 15) is 5.11 Å². The minimum absolute atomic E-state index is 0.155. The average molecular weight is 269 g/mol. The summed E-state index contributed by atoms with van der Waals surface area (Å²) in [6, 6.07) is 17.5. The maximum Gasteiger partial charge on any atom is 0.127 e. The lowest BCUT2D eigenvalue weighted by Gasteiger charge is -2.19. The van der Waals surface area contributed by atoms with E-state index in [-0.39, 0.29) is 6.04 Å². The van der Waals surface area contributed by atoms with Crippen LogP contribution >= 0.6 is 0 Å². The molecule has 2 unspecified atom stereocenters. The molecule has 0 aromatic heterocycles. The first-order chi connectivity index (χ1) is 9.83. The van der Waals surface area contributed by atoms with Crippen LogP contribution in [0.15, 0.2) is 54.6 Å². The molecule has 2 N–H and O–H groups in total. The monoisotopic (exact) mass is 269 g/mol. The Labute approximate surface area is 119 Å². The van der Waals surface area contributed by atoms with Crippen molar-refractivity contribution in [3.05, 3.63) is 60.2 Å². The molecule has 0 aliphatic carbocycles. The highest BCUT2D eigenvalue weighted by molar-refractivity contribution is 5.35. The van der Waals surface area contributed by atoms with Crippen molar-refractivity contribution < 1.29 is 9.84 Å². The highest BCUT2D eigenvalue weighted by Crippen LogP contribution is 2.28. The zero-order valence-electron chi connectivity index (χ0n) is 11.3. The number of rotatable bonds is 4. The maximum atomic E-state index is 10.4. The molecular formula is C17H19NO2. The van der Waals surface area contributed by atoms with Gasteiger partial charge in [0, 0.05) is 6.04 Å². The highest BCUT2D eigenvalue weighted by atomic mass is 16.5. The summed E-state index contributed by atoms with van der Waals surface area (Å²) in [5.41, 5.74) is 0.901. The second kappa shape index (κ2) is 6.07. The van der Waals surface area contributed by atoms with Gasteiger partial charge in [0.05, 0.1) is 6.10 Å². The third-order valence-corrected chi connectivity index (χ3v) is 3.66. The normalized spacial score (nSPS) is 19.8. The number of nitrogens with one attached hydrogen (secondary N) is 1. The number of hydrogen-bond donors (Lipinski definition) is 2. The number of para-hydroxylation sites is 1. The Hall–Kier alpha value is -1.84. The summed E-state index contributed by atoms with van der Waals surface area (Å²) in [5.74, 6) is 1.56. The molecular weight excluding hydrogens is 250 g/mol. The van der Waals surface area contributed by atoms with Crippen LogP contribution in [-0.2, 0) is 0 Å². The van der Waals surface area contributed by atoms with E-state index in [1.165, 1.54) is 0 Å². The van der Waals surface area contributed by atoms with E-state index < -0.39 is 6.10 Å².